The summed E-state index contributed by atoms with van der Waals surface area (Å²) in [6.45, 7) is 6.08. The van der Waals surface area contributed by atoms with Crippen molar-refractivity contribution in [2.24, 2.45) is 0 Å². The minimum Gasteiger partial charge on any atom is -0.385 e. The van der Waals surface area contributed by atoms with Crippen LogP contribution in [0.3, 0.4) is 0 Å². The Labute approximate surface area is 147 Å². The van der Waals surface area contributed by atoms with Crippen LogP contribution in [0.15, 0.2) is 55.2 Å². The average molecular weight is 338 g/mol. The highest BCUT2D eigenvalue weighted by Gasteiger charge is 2.10. The maximum Gasteiger partial charge on any atom is 0.123 e. The Morgan fingerprint density at radius 3 is 2.68 bits per heavy atom. The lowest BCUT2D eigenvalue weighted by Crippen LogP contribution is -2.20. The number of hydrogen-bond acceptors (Lipinski definition) is 3. The fraction of sp³-hybridized carbons (Fsp3) is 0.250. The molecule has 5 heteroatoms. The normalized spacial score (nSPS) is 11.2. The molecule has 25 heavy (non-hydrogen) atoms. The molecule has 2 aromatic carbocycles. The lowest BCUT2D eigenvalue weighted by molar-refractivity contribution is 0.399. The molecule has 4 nitrogen and oxygen atoms in total. The molecule has 0 unspecified atom stereocenters. The van der Waals surface area contributed by atoms with E-state index in [0.717, 1.165) is 47.4 Å². The van der Waals surface area contributed by atoms with Gasteiger partial charge in [0.05, 0.1) is 17.4 Å². The van der Waals surface area contributed by atoms with Gasteiger partial charge in [-0.1, -0.05) is 18.7 Å². The standard InChI is InChI=1S/C20H23FN4/c1-15(22-12-5-13-24(2)3)18-6-4-7-20-19(18)14-23-25(20)17-10-8-16(21)9-11-17/h4,6-11,14,22H,1,5,12-13H2,2-3H3. The summed E-state index contributed by atoms with van der Waals surface area (Å²) in [5.41, 5.74) is 3.73. The average Bonchev–Trinajstić information content (AvgIpc) is 3.03. The third kappa shape index (κ3) is 3.88. The molecular formula is C20H23FN4. The maximum atomic E-state index is 13.2. The van der Waals surface area contributed by atoms with Crippen molar-refractivity contribution in [3.8, 4) is 5.69 Å². The first kappa shape index (κ1) is 17.2. The Hall–Kier alpha value is -2.66. The first-order valence-corrected chi connectivity index (χ1v) is 8.37. The second-order valence-electron chi connectivity index (χ2n) is 6.33. The molecule has 0 aliphatic carbocycles. The molecule has 0 amide bonds. The monoisotopic (exact) mass is 338 g/mol. The van der Waals surface area contributed by atoms with E-state index in [9.17, 15) is 4.39 Å². The Bertz CT molecular complexity index is 865. The Balaban J connectivity index is 1.83. The predicted octanol–water partition coefficient (Wildman–Crippen LogP) is 3.68. The summed E-state index contributed by atoms with van der Waals surface area (Å²) in [5, 5.41) is 8.90. The molecular weight excluding hydrogens is 315 g/mol. The molecule has 130 valence electrons. The van der Waals surface area contributed by atoms with Crippen molar-refractivity contribution >= 4 is 16.6 Å². The van der Waals surface area contributed by atoms with Crippen LogP contribution in [-0.2, 0) is 0 Å². The number of hydrogen-bond donors (Lipinski definition) is 1. The van der Waals surface area contributed by atoms with Crippen LogP contribution in [0, 0.1) is 5.82 Å². The van der Waals surface area contributed by atoms with Crippen molar-refractivity contribution < 1.29 is 4.39 Å². The number of nitrogens with one attached hydrogen (secondary N) is 1. The molecule has 1 aromatic heterocycles. The van der Waals surface area contributed by atoms with Crippen LogP contribution in [0.5, 0.6) is 0 Å². The number of benzene rings is 2. The van der Waals surface area contributed by atoms with Gasteiger partial charge in [-0.2, -0.15) is 5.10 Å². The van der Waals surface area contributed by atoms with Crippen LogP contribution in [0.4, 0.5) is 4.39 Å². The van der Waals surface area contributed by atoms with Crippen molar-refractivity contribution in [2.75, 3.05) is 27.2 Å². The van der Waals surface area contributed by atoms with E-state index < -0.39 is 0 Å². The summed E-state index contributed by atoms with van der Waals surface area (Å²) in [6.07, 6.45) is 2.89. The van der Waals surface area contributed by atoms with E-state index in [-0.39, 0.29) is 5.82 Å². The zero-order valence-electron chi connectivity index (χ0n) is 14.7. The fourth-order valence-electron chi connectivity index (χ4n) is 2.83. The highest BCUT2D eigenvalue weighted by molar-refractivity contribution is 5.91. The van der Waals surface area contributed by atoms with Gasteiger partial charge in [-0.15, -0.1) is 0 Å². The number of halogens is 1. The van der Waals surface area contributed by atoms with Gasteiger partial charge in [0.2, 0.25) is 0 Å². The molecule has 0 saturated carbocycles. The summed E-state index contributed by atoms with van der Waals surface area (Å²) in [4.78, 5) is 2.16. The summed E-state index contributed by atoms with van der Waals surface area (Å²) < 4.78 is 15.0. The van der Waals surface area contributed by atoms with Gasteiger partial charge in [0.1, 0.15) is 5.82 Å². The van der Waals surface area contributed by atoms with Crippen LogP contribution in [0.25, 0.3) is 22.3 Å². The fourth-order valence-corrected chi connectivity index (χ4v) is 2.83. The SMILES string of the molecule is C=C(NCCCN(C)C)c1cccc2c1cnn2-c1ccc(F)cc1. The quantitative estimate of drug-likeness (QED) is 0.667. The van der Waals surface area contributed by atoms with Crippen molar-refractivity contribution in [1.29, 1.82) is 0 Å². The van der Waals surface area contributed by atoms with Gasteiger partial charge in [-0.3, -0.25) is 0 Å². The number of nitrogens with zero attached hydrogens (tertiary/aromatic N) is 3. The van der Waals surface area contributed by atoms with Crippen LogP contribution in [0.2, 0.25) is 0 Å². The van der Waals surface area contributed by atoms with Gasteiger partial charge in [-0.05, 0) is 57.4 Å². The summed E-state index contributed by atoms with van der Waals surface area (Å²) in [6, 6.07) is 12.4. The van der Waals surface area contributed by atoms with E-state index in [4.69, 9.17) is 0 Å². The van der Waals surface area contributed by atoms with E-state index in [1.807, 2.05) is 29.1 Å². The second-order valence-corrected chi connectivity index (χ2v) is 6.33. The molecule has 0 radical (unpaired) electrons. The largest absolute Gasteiger partial charge is 0.385 e. The van der Waals surface area contributed by atoms with Crippen LogP contribution in [-0.4, -0.2) is 41.9 Å². The van der Waals surface area contributed by atoms with Crippen LogP contribution in [0.1, 0.15) is 12.0 Å². The Kier molecular flexibility index (Phi) is 5.14. The van der Waals surface area contributed by atoms with Gasteiger partial charge >= 0.3 is 0 Å². The third-order valence-corrected chi connectivity index (χ3v) is 4.13. The minimum atomic E-state index is -0.254. The zero-order chi connectivity index (χ0) is 17.8. The highest BCUT2D eigenvalue weighted by atomic mass is 19.1. The molecule has 0 fully saturated rings. The molecule has 0 aliphatic heterocycles. The van der Waals surface area contributed by atoms with Gasteiger partial charge in [0, 0.05) is 23.2 Å². The predicted molar refractivity (Wildman–Crippen MR) is 101 cm³/mol. The van der Waals surface area contributed by atoms with Crippen molar-refractivity contribution in [2.45, 2.75) is 6.42 Å². The zero-order valence-corrected chi connectivity index (χ0v) is 14.7. The van der Waals surface area contributed by atoms with E-state index in [1.165, 1.54) is 12.1 Å². The van der Waals surface area contributed by atoms with Crippen LogP contribution < -0.4 is 5.32 Å². The molecule has 0 bridgehead atoms. The Morgan fingerprint density at radius 1 is 1.20 bits per heavy atom. The van der Waals surface area contributed by atoms with E-state index in [1.54, 1.807) is 12.1 Å². The molecule has 1 heterocycles. The molecule has 0 atom stereocenters. The van der Waals surface area contributed by atoms with Crippen molar-refractivity contribution in [3.63, 3.8) is 0 Å². The molecule has 3 aromatic rings. The number of aromatic nitrogens is 2. The van der Waals surface area contributed by atoms with Crippen molar-refractivity contribution in [3.05, 3.63) is 66.6 Å². The maximum absolute atomic E-state index is 13.2. The van der Waals surface area contributed by atoms with Gasteiger partial charge in [0.15, 0.2) is 0 Å². The van der Waals surface area contributed by atoms with Crippen molar-refractivity contribution in [1.82, 2.24) is 20.0 Å². The second kappa shape index (κ2) is 7.49. The van der Waals surface area contributed by atoms with Gasteiger partial charge in [-0.25, -0.2) is 9.07 Å². The van der Waals surface area contributed by atoms with Gasteiger partial charge < -0.3 is 10.2 Å². The van der Waals surface area contributed by atoms with E-state index >= 15 is 0 Å². The first-order valence-electron chi connectivity index (χ1n) is 8.37. The molecule has 0 saturated heterocycles. The lowest BCUT2D eigenvalue weighted by atomic mass is 10.1. The minimum absolute atomic E-state index is 0.254. The first-order chi connectivity index (χ1) is 12.1. The smallest absolute Gasteiger partial charge is 0.123 e. The van der Waals surface area contributed by atoms with E-state index in [0.29, 0.717) is 0 Å². The topological polar surface area (TPSA) is 33.1 Å². The molecule has 3 rings (SSSR count). The number of rotatable bonds is 7. The molecule has 0 aliphatic rings. The summed E-state index contributed by atoms with van der Waals surface area (Å²) >= 11 is 0. The number of fused-ring (bicyclic) bond motifs is 1. The summed E-state index contributed by atoms with van der Waals surface area (Å²) in [5.74, 6) is -0.254. The highest BCUT2D eigenvalue weighted by Crippen LogP contribution is 2.25. The Morgan fingerprint density at radius 2 is 1.96 bits per heavy atom. The molecule has 0 spiro atoms. The van der Waals surface area contributed by atoms with Crippen LogP contribution >= 0.6 is 0 Å². The van der Waals surface area contributed by atoms with E-state index in [2.05, 4.69) is 36.0 Å². The van der Waals surface area contributed by atoms with Gasteiger partial charge in [0.25, 0.3) is 0 Å². The lowest BCUT2D eigenvalue weighted by Gasteiger charge is -2.13. The third-order valence-electron chi connectivity index (χ3n) is 4.13. The summed E-state index contributed by atoms with van der Waals surface area (Å²) in [7, 11) is 4.14. The molecule has 1 N–H and O–H groups in total.